The van der Waals surface area contributed by atoms with Crippen molar-refractivity contribution in [3.8, 4) is 0 Å². The van der Waals surface area contributed by atoms with E-state index in [4.69, 9.17) is 11.6 Å². The molecule has 0 saturated heterocycles. The second-order valence-corrected chi connectivity index (χ2v) is 8.66. The van der Waals surface area contributed by atoms with Gasteiger partial charge in [-0.3, -0.25) is 9.10 Å². The lowest BCUT2D eigenvalue weighted by atomic mass is 10.1. The smallest absolute Gasteiger partial charge is 0.255 e. The van der Waals surface area contributed by atoms with E-state index in [1.54, 1.807) is 30.3 Å². The fraction of sp³-hybridized carbons (Fsp3) is 0.0952. The first-order chi connectivity index (χ1) is 13.8. The van der Waals surface area contributed by atoms with Crippen LogP contribution < -0.4 is 9.62 Å². The molecule has 0 aliphatic rings. The lowest BCUT2D eigenvalue weighted by Crippen LogP contribution is -2.29. The van der Waals surface area contributed by atoms with Gasteiger partial charge in [-0.15, -0.1) is 0 Å². The SMILES string of the molecule is CS(=O)(=O)N(Cc1ccccc1Cl)c1ccc(C(=O)Nc2ccccc2F)cc1. The van der Waals surface area contributed by atoms with Crippen molar-refractivity contribution in [3.05, 3.63) is 94.8 Å². The minimum Gasteiger partial charge on any atom is -0.319 e. The first-order valence-electron chi connectivity index (χ1n) is 8.63. The molecule has 29 heavy (non-hydrogen) atoms. The zero-order valence-corrected chi connectivity index (χ0v) is 17.0. The molecule has 8 heteroatoms. The highest BCUT2D eigenvalue weighted by Crippen LogP contribution is 2.25. The van der Waals surface area contributed by atoms with Crippen LogP contribution in [0.1, 0.15) is 15.9 Å². The Labute approximate surface area is 173 Å². The normalized spacial score (nSPS) is 11.1. The highest BCUT2D eigenvalue weighted by Gasteiger charge is 2.19. The van der Waals surface area contributed by atoms with Crippen LogP contribution in [0.3, 0.4) is 0 Å². The first-order valence-corrected chi connectivity index (χ1v) is 10.9. The van der Waals surface area contributed by atoms with E-state index in [1.807, 2.05) is 0 Å². The number of sulfonamides is 1. The lowest BCUT2D eigenvalue weighted by Gasteiger charge is -2.23. The van der Waals surface area contributed by atoms with Crippen LogP contribution in [0.15, 0.2) is 72.8 Å². The number of nitrogens with one attached hydrogen (secondary N) is 1. The molecule has 0 spiro atoms. The van der Waals surface area contributed by atoms with E-state index < -0.39 is 21.7 Å². The van der Waals surface area contributed by atoms with Crippen molar-refractivity contribution in [1.82, 2.24) is 0 Å². The van der Waals surface area contributed by atoms with Crippen LogP contribution >= 0.6 is 11.6 Å². The highest BCUT2D eigenvalue weighted by atomic mass is 35.5. The van der Waals surface area contributed by atoms with Crippen molar-refractivity contribution in [1.29, 1.82) is 0 Å². The maximum absolute atomic E-state index is 13.7. The Hall–Kier alpha value is -2.90. The monoisotopic (exact) mass is 432 g/mol. The largest absolute Gasteiger partial charge is 0.319 e. The average Bonchev–Trinajstić information content (AvgIpc) is 2.68. The van der Waals surface area contributed by atoms with Crippen molar-refractivity contribution in [2.24, 2.45) is 0 Å². The van der Waals surface area contributed by atoms with Gasteiger partial charge in [0.25, 0.3) is 5.91 Å². The molecule has 1 amide bonds. The van der Waals surface area contributed by atoms with Crippen molar-refractivity contribution in [3.63, 3.8) is 0 Å². The Morgan fingerprint density at radius 1 is 1.00 bits per heavy atom. The summed E-state index contributed by atoms with van der Waals surface area (Å²) in [6, 6.07) is 18.8. The summed E-state index contributed by atoms with van der Waals surface area (Å²) in [7, 11) is -3.60. The third-order valence-electron chi connectivity index (χ3n) is 4.21. The number of rotatable bonds is 6. The van der Waals surface area contributed by atoms with Crippen LogP contribution in [0.4, 0.5) is 15.8 Å². The third kappa shape index (κ3) is 5.13. The van der Waals surface area contributed by atoms with E-state index in [1.165, 1.54) is 46.8 Å². The number of halogens is 2. The summed E-state index contributed by atoms with van der Waals surface area (Å²) in [5, 5.41) is 2.95. The van der Waals surface area contributed by atoms with Crippen LogP contribution in [-0.4, -0.2) is 20.6 Å². The molecule has 0 radical (unpaired) electrons. The van der Waals surface area contributed by atoms with E-state index in [-0.39, 0.29) is 17.8 Å². The summed E-state index contributed by atoms with van der Waals surface area (Å²) in [6.45, 7) is 0.0548. The molecule has 3 aromatic carbocycles. The molecule has 5 nitrogen and oxygen atoms in total. The first kappa shape index (κ1) is 20.8. The number of carbonyl (C=O) groups excluding carboxylic acids is 1. The van der Waals surface area contributed by atoms with Gasteiger partial charge in [-0.2, -0.15) is 0 Å². The summed E-state index contributed by atoms with van der Waals surface area (Å²) < 4.78 is 39.5. The summed E-state index contributed by atoms with van der Waals surface area (Å²) in [6.07, 6.45) is 1.10. The predicted molar refractivity (Wildman–Crippen MR) is 113 cm³/mol. The second kappa shape index (κ2) is 8.63. The van der Waals surface area contributed by atoms with Crippen LogP contribution in [0, 0.1) is 5.82 Å². The van der Waals surface area contributed by atoms with Gasteiger partial charge < -0.3 is 5.32 Å². The molecule has 0 unspecified atom stereocenters. The number of anilines is 2. The van der Waals surface area contributed by atoms with Gasteiger partial charge in [0, 0.05) is 10.6 Å². The average molecular weight is 433 g/mol. The third-order valence-corrected chi connectivity index (χ3v) is 5.72. The summed E-state index contributed by atoms with van der Waals surface area (Å²) in [5.41, 5.74) is 1.37. The number of para-hydroxylation sites is 1. The van der Waals surface area contributed by atoms with E-state index in [0.717, 1.165) is 6.26 Å². The molecule has 0 saturated carbocycles. The van der Waals surface area contributed by atoms with Gasteiger partial charge in [0.15, 0.2) is 0 Å². The number of hydrogen-bond donors (Lipinski definition) is 1. The zero-order valence-electron chi connectivity index (χ0n) is 15.5. The van der Waals surface area contributed by atoms with Crippen molar-refractivity contribution in [2.75, 3.05) is 15.9 Å². The molecule has 0 fully saturated rings. The Morgan fingerprint density at radius 3 is 2.24 bits per heavy atom. The van der Waals surface area contributed by atoms with Crippen LogP contribution in [-0.2, 0) is 16.6 Å². The Balaban J connectivity index is 1.83. The number of hydrogen-bond acceptors (Lipinski definition) is 3. The van der Waals surface area contributed by atoms with Crippen molar-refractivity contribution >= 4 is 38.9 Å². The van der Waals surface area contributed by atoms with Crippen LogP contribution in [0.2, 0.25) is 5.02 Å². The number of benzene rings is 3. The van der Waals surface area contributed by atoms with Gasteiger partial charge in [0.2, 0.25) is 10.0 Å². The molecule has 3 aromatic rings. The Bertz CT molecular complexity index is 1130. The molecular weight excluding hydrogens is 415 g/mol. The fourth-order valence-corrected chi connectivity index (χ4v) is 3.79. The van der Waals surface area contributed by atoms with E-state index >= 15 is 0 Å². The number of carbonyl (C=O) groups is 1. The molecular formula is C21H18ClFN2O3S. The lowest BCUT2D eigenvalue weighted by molar-refractivity contribution is 0.102. The molecule has 3 rings (SSSR count). The summed E-state index contributed by atoms with van der Waals surface area (Å²) in [4.78, 5) is 12.4. The van der Waals surface area contributed by atoms with E-state index in [2.05, 4.69) is 5.32 Å². The second-order valence-electron chi connectivity index (χ2n) is 6.34. The van der Waals surface area contributed by atoms with Gasteiger partial charge in [0.05, 0.1) is 24.2 Å². The molecule has 0 heterocycles. The Morgan fingerprint density at radius 2 is 1.62 bits per heavy atom. The standard InChI is InChI=1S/C21H18ClFN2O3S/c1-29(27,28)25(14-16-6-2-3-7-18(16)22)17-12-10-15(11-13-17)21(26)24-20-9-5-4-8-19(20)23/h2-13H,14H2,1H3,(H,24,26). The van der Waals surface area contributed by atoms with Gasteiger partial charge >= 0.3 is 0 Å². The Kier molecular flexibility index (Phi) is 6.20. The predicted octanol–water partition coefficient (Wildman–Crippen LogP) is 4.70. The molecule has 0 aliphatic heterocycles. The minimum atomic E-state index is -3.60. The topological polar surface area (TPSA) is 66.5 Å². The van der Waals surface area contributed by atoms with Crippen LogP contribution in [0.5, 0.6) is 0 Å². The van der Waals surface area contributed by atoms with Crippen molar-refractivity contribution < 1.29 is 17.6 Å². The maximum atomic E-state index is 13.7. The minimum absolute atomic E-state index is 0.0548. The van der Waals surface area contributed by atoms with E-state index in [0.29, 0.717) is 16.3 Å². The van der Waals surface area contributed by atoms with Crippen molar-refractivity contribution in [2.45, 2.75) is 6.54 Å². The number of nitrogens with zero attached hydrogens (tertiary/aromatic N) is 1. The van der Waals surface area contributed by atoms with Gasteiger partial charge in [-0.05, 0) is 48.0 Å². The summed E-state index contributed by atoms with van der Waals surface area (Å²) >= 11 is 6.16. The molecule has 150 valence electrons. The highest BCUT2D eigenvalue weighted by molar-refractivity contribution is 7.92. The molecule has 0 atom stereocenters. The van der Waals surface area contributed by atoms with Gasteiger partial charge in [-0.1, -0.05) is 41.9 Å². The zero-order chi connectivity index (χ0) is 21.0. The molecule has 0 aromatic heterocycles. The molecule has 0 bridgehead atoms. The molecule has 0 aliphatic carbocycles. The van der Waals surface area contributed by atoms with E-state index in [9.17, 15) is 17.6 Å². The summed E-state index contributed by atoms with van der Waals surface area (Å²) in [5.74, 6) is -1.04. The fourth-order valence-electron chi connectivity index (χ4n) is 2.72. The van der Waals surface area contributed by atoms with Gasteiger partial charge in [-0.25, -0.2) is 12.8 Å². The van der Waals surface area contributed by atoms with Crippen LogP contribution in [0.25, 0.3) is 0 Å². The number of amides is 1. The maximum Gasteiger partial charge on any atom is 0.255 e. The molecule has 1 N–H and O–H groups in total. The quantitative estimate of drug-likeness (QED) is 0.614. The van der Waals surface area contributed by atoms with Gasteiger partial charge in [0.1, 0.15) is 5.82 Å².